The topological polar surface area (TPSA) is 64.0 Å². The summed E-state index contributed by atoms with van der Waals surface area (Å²) in [6.45, 7) is 6.51. The van der Waals surface area contributed by atoms with Gasteiger partial charge in [-0.3, -0.25) is 4.68 Å². The molecule has 1 aromatic heterocycles. The summed E-state index contributed by atoms with van der Waals surface area (Å²) in [6.07, 6.45) is 2.23. The average Bonchev–Trinajstić information content (AvgIpc) is 2.54. The molecule has 1 rings (SSSR count). The Morgan fingerprint density at radius 1 is 1.39 bits per heavy atom. The lowest BCUT2D eigenvalue weighted by Gasteiger charge is -2.14. The third-order valence-corrected chi connectivity index (χ3v) is 4.14. The molecule has 0 saturated heterocycles. The molecule has 5 nitrogen and oxygen atoms in total. The highest BCUT2D eigenvalue weighted by molar-refractivity contribution is 7.90. The third-order valence-electron chi connectivity index (χ3n) is 3.22. The summed E-state index contributed by atoms with van der Waals surface area (Å²) in [4.78, 5) is 0. The molecular formula is C12H23N3O2S. The van der Waals surface area contributed by atoms with Crippen molar-refractivity contribution in [1.82, 2.24) is 15.1 Å². The number of hydrogen-bond acceptors (Lipinski definition) is 4. The molecule has 1 aromatic rings. The summed E-state index contributed by atoms with van der Waals surface area (Å²) in [5, 5.41) is 7.71. The number of aromatic nitrogens is 2. The monoisotopic (exact) mass is 273 g/mol. The van der Waals surface area contributed by atoms with E-state index in [1.165, 1.54) is 11.8 Å². The normalized spacial score (nSPS) is 13.8. The van der Waals surface area contributed by atoms with Crippen molar-refractivity contribution in [3.63, 3.8) is 0 Å². The fraction of sp³-hybridized carbons (Fsp3) is 0.750. The molecule has 6 heteroatoms. The van der Waals surface area contributed by atoms with Gasteiger partial charge in [0.2, 0.25) is 0 Å². The van der Waals surface area contributed by atoms with Gasteiger partial charge >= 0.3 is 0 Å². The maximum atomic E-state index is 11.2. The minimum atomic E-state index is -2.95. The number of sulfone groups is 1. The molecule has 0 bridgehead atoms. The van der Waals surface area contributed by atoms with Crippen molar-refractivity contribution in [1.29, 1.82) is 0 Å². The van der Waals surface area contributed by atoms with Crippen LogP contribution in [-0.2, 0) is 16.4 Å². The molecule has 1 N–H and O–H groups in total. The van der Waals surface area contributed by atoms with Crippen molar-refractivity contribution >= 4 is 9.84 Å². The van der Waals surface area contributed by atoms with Crippen molar-refractivity contribution in [3.8, 4) is 0 Å². The van der Waals surface area contributed by atoms with Crippen molar-refractivity contribution in [3.05, 3.63) is 17.0 Å². The molecule has 1 atom stereocenters. The highest BCUT2D eigenvalue weighted by atomic mass is 32.2. The van der Waals surface area contributed by atoms with Crippen LogP contribution in [0.1, 0.15) is 36.3 Å². The van der Waals surface area contributed by atoms with E-state index in [-0.39, 0.29) is 11.8 Å². The minimum Gasteiger partial charge on any atom is -0.313 e. The third kappa shape index (κ3) is 3.55. The highest BCUT2D eigenvalue weighted by Crippen LogP contribution is 2.23. The number of nitrogens with zero attached hydrogens (tertiary/aromatic N) is 2. The fourth-order valence-corrected chi connectivity index (χ4v) is 2.74. The van der Waals surface area contributed by atoms with Crippen molar-refractivity contribution < 1.29 is 8.42 Å². The molecule has 0 amide bonds. The van der Waals surface area contributed by atoms with Gasteiger partial charge in [0.15, 0.2) is 0 Å². The summed E-state index contributed by atoms with van der Waals surface area (Å²) in [5.74, 6) is 0.130. The first-order valence-electron chi connectivity index (χ1n) is 6.19. The molecule has 0 saturated carbocycles. The van der Waals surface area contributed by atoms with E-state index in [1.54, 1.807) is 4.68 Å². The molecule has 0 aromatic carbocycles. The molecule has 0 radical (unpaired) electrons. The Balaban J connectivity index is 3.00. The molecule has 0 aliphatic rings. The van der Waals surface area contributed by atoms with Gasteiger partial charge in [-0.2, -0.15) is 5.10 Å². The average molecular weight is 273 g/mol. The first-order chi connectivity index (χ1) is 8.30. The molecule has 18 heavy (non-hydrogen) atoms. The Bertz CT molecular complexity index is 502. The predicted octanol–water partition coefficient (Wildman–Crippen LogP) is 1.22. The molecule has 0 aliphatic carbocycles. The first-order valence-corrected chi connectivity index (χ1v) is 8.25. The van der Waals surface area contributed by atoms with E-state index >= 15 is 0 Å². The fourth-order valence-electron chi connectivity index (χ4n) is 2.24. The smallest absolute Gasteiger partial charge is 0.149 e. The van der Waals surface area contributed by atoms with Crippen LogP contribution in [0.5, 0.6) is 0 Å². The lowest BCUT2D eigenvalue weighted by atomic mass is 10.0. The number of rotatable bonds is 6. The largest absolute Gasteiger partial charge is 0.313 e. The number of hydrogen-bond donors (Lipinski definition) is 1. The van der Waals surface area contributed by atoms with E-state index in [2.05, 4.69) is 17.3 Å². The van der Waals surface area contributed by atoms with Crippen molar-refractivity contribution in [2.75, 3.05) is 19.1 Å². The summed E-state index contributed by atoms with van der Waals surface area (Å²) >= 11 is 0. The van der Waals surface area contributed by atoms with Crippen LogP contribution < -0.4 is 5.32 Å². The van der Waals surface area contributed by atoms with Gasteiger partial charge in [0.05, 0.1) is 18.0 Å². The maximum Gasteiger partial charge on any atom is 0.149 e. The second kappa shape index (κ2) is 5.84. The van der Waals surface area contributed by atoms with Gasteiger partial charge in [0.1, 0.15) is 9.84 Å². The number of nitrogens with one attached hydrogen (secondary N) is 1. The van der Waals surface area contributed by atoms with Gasteiger partial charge in [-0.15, -0.1) is 0 Å². The van der Waals surface area contributed by atoms with Crippen LogP contribution in [0.4, 0.5) is 0 Å². The summed E-state index contributed by atoms with van der Waals surface area (Å²) in [7, 11) is -1.02. The molecule has 0 aliphatic heterocycles. The van der Waals surface area contributed by atoms with Crippen molar-refractivity contribution in [2.24, 2.45) is 0 Å². The van der Waals surface area contributed by atoms with Crippen molar-refractivity contribution in [2.45, 2.75) is 39.8 Å². The maximum absolute atomic E-state index is 11.2. The van der Waals surface area contributed by atoms with E-state index in [1.807, 2.05) is 20.9 Å². The van der Waals surface area contributed by atoms with Crippen LogP contribution in [0.15, 0.2) is 0 Å². The van der Waals surface area contributed by atoms with Gasteiger partial charge in [-0.05, 0) is 27.3 Å². The molecule has 104 valence electrons. The van der Waals surface area contributed by atoms with Crippen LogP contribution in [0.25, 0.3) is 0 Å². The zero-order valence-corrected chi connectivity index (χ0v) is 12.6. The second-order valence-corrected chi connectivity index (χ2v) is 6.95. The standard InChI is InChI=1S/C12H23N3O2S/c1-6-11(13-4)12-9(2)14-15(10(12)3)7-8-18(5,16)17/h11,13H,6-8H2,1-5H3. The Morgan fingerprint density at radius 3 is 2.44 bits per heavy atom. The quantitative estimate of drug-likeness (QED) is 0.846. The Hall–Kier alpha value is -0.880. The Morgan fingerprint density at radius 2 is 2.00 bits per heavy atom. The molecular weight excluding hydrogens is 250 g/mol. The highest BCUT2D eigenvalue weighted by Gasteiger charge is 2.18. The van der Waals surface area contributed by atoms with Crippen LogP contribution in [0, 0.1) is 13.8 Å². The summed E-state index contributed by atoms with van der Waals surface area (Å²) in [5.41, 5.74) is 3.22. The molecule has 0 spiro atoms. The zero-order valence-electron chi connectivity index (χ0n) is 11.8. The second-order valence-electron chi connectivity index (χ2n) is 4.69. The lowest BCUT2D eigenvalue weighted by Crippen LogP contribution is -2.17. The van der Waals surface area contributed by atoms with Gasteiger partial charge < -0.3 is 5.32 Å². The summed E-state index contributed by atoms with van der Waals surface area (Å²) < 4.78 is 24.2. The van der Waals surface area contributed by atoms with Gasteiger partial charge in [-0.1, -0.05) is 6.92 Å². The van der Waals surface area contributed by atoms with Crippen LogP contribution in [0.2, 0.25) is 0 Å². The van der Waals surface area contributed by atoms with E-state index in [4.69, 9.17) is 0 Å². The predicted molar refractivity (Wildman–Crippen MR) is 73.5 cm³/mol. The summed E-state index contributed by atoms with van der Waals surface area (Å²) in [6, 6.07) is 0.275. The Kier molecular flexibility index (Phi) is 4.92. The van der Waals surface area contributed by atoms with Crippen LogP contribution in [0.3, 0.4) is 0 Å². The minimum absolute atomic E-state index is 0.130. The molecule has 1 heterocycles. The number of aryl methyl sites for hydroxylation is 2. The SMILES string of the molecule is CCC(NC)c1c(C)nn(CCS(C)(=O)=O)c1C. The van der Waals surface area contributed by atoms with E-state index in [9.17, 15) is 8.42 Å². The van der Waals surface area contributed by atoms with Crippen LogP contribution in [-0.4, -0.2) is 37.3 Å². The van der Waals surface area contributed by atoms with E-state index in [0.717, 1.165) is 17.8 Å². The van der Waals surface area contributed by atoms with E-state index < -0.39 is 9.84 Å². The van der Waals surface area contributed by atoms with Gasteiger partial charge in [0.25, 0.3) is 0 Å². The van der Waals surface area contributed by atoms with Crippen LogP contribution >= 0.6 is 0 Å². The van der Waals surface area contributed by atoms with E-state index in [0.29, 0.717) is 6.54 Å². The zero-order chi connectivity index (χ0) is 13.9. The van der Waals surface area contributed by atoms with Gasteiger partial charge in [-0.25, -0.2) is 8.42 Å². The lowest BCUT2D eigenvalue weighted by molar-refractivity contribution is 0.564. The Labute approximate surface area is 109 Å². The van der Waals surface area contributed by atoms with Gasteiger partial charge in [0, 0.05) is 23.6 Å². The molecule has 0 fully saturated rings. The molecule has 1 unspecified atom stereocenters. The first kappa shape index (κ1) is 15.2.